The van der Waals surface area contributed by atoms with Gasteiger partial charge in [-0.25, -0.2) is 0 Å². The first-order chi connectivity index (χ1) is 7.65. The van der Waals surface area contributed by atoms with E-state index in [-0.39, 0.29) is 0 Å². The lowest BCUT2D eigenvalue weighted by atomic mass is 9.84. The second-order valence-corrected chi connectivity index (χ2v) is 6.44. The summed E-state index contributed by atoms with van der Waals surface area (Å²) < 4.78 is 0. The van der Waals surface area contributed by atoms with Gasteiger partial charge in [0, 0.05) is 4.83 Å². The Hall–Kier alpha value is -0.300. The summed E-state index contributed by atoms with van der Waals surface area (Å²) in [6, 6.07) is 6.96. The van der Waals surface area contributed by atoms with Gasteiger partial charge in [0.2, 0.25) is 0 Å². The molecule has 0 radical (unpaired) electrons. The van der Waals surface area contributed by atoms with Gasteiger partial charge in [-0.2, -0.15) is 0 Å². The molecule has 1 saturated carbocycles. The van der Waals surface area contributed by atoms with Crippen LogP contribution in [0.25, 0.3) is 0 Å². The number of rotatable bonds is 2. The summed E-state index contributed by atoms with van der Waals surface area (Å²) >= 11 is 3.85. The highest BCUT2D eigenvalue weighted by atomic mass is 79.9. The fraction of sp³-hybridized carbons (Fsp3) is 0.600. The zero-order chi connectivity index (χ0) is 11.5. The SMILES string of the molecule is Cc1cc(C)cc(CC2CCCCC2Br)c1. The maximum Gasteiger partial charge on any atom is 0.0177 e. The molecule has 1 fully saturated rings. The minimum Gasteiger partial charge on any atom is -0.0888 e. The van der Waals surface area contributed by atoms with Gasteiger partial charge in [-0.15, -0.1) is 0 Å². The lowest BCUT2D eigenvalue weighted by Crippen LogP contribution is -2.21. The molecule has 2 unspecified atom stereocenters. The van der Waals surface area contributed by atoms with Crippen molar-refractivity contribution in [2.75, 3.05) is 0 Å². The van der Waals surface area contributed by atoms with Crippen LogP contribution in [0.2, 0.25) is 0 Å². The standard InChI is InChI=1S/C15H21Br/c1-11-7-12(2)9-13(8-11)10-14-5-3-4-6-15(14)16/h7-9,14-15H,3-6,10H2,1-2H3. The van der Waals surface area contributed by atoms with Crippen molar-refractivity contribution in [1.29, 1.82) is 0 Å². The second-order valence-electron chi connectivity index (χ2n) is 5.26. The predicted octanol–water partition coefficient (Wildman–Crippen LogP) is 4.80. The van der Waals surface area contributed by atoms with Crippen LogP contribution in [-0.4, -0.2) is 4.83 Å². The Morgan fingerprint density at radius 3 is 2.31 bits per heavy atom. The third-order valence-electron chi connectivity index (χ3n) is 3.60. The summed E-state index contributed by atoms with van der Waals surface area (Å²) in [5, 5.41) is 0. The third kappa shape index (κ3) is 3.10. The summed E-state index contributed by atoms with van der Waals surface area (Å²) in [6.45, 7) is 4.39. The average Bonchev–Trinajstić information content (AvgIpc) is 2.20. The van der Waals surface area contributed by atoms with Crippen LogP contribution in [0.4, 0.5) is 0 Å². The minimum atomic E-state index is 0.738. The third-order valence-corrected chi connectivity index (χ3v) is 4.80. The van der Waals surface area contributed by atoms with Crippen LogP contribution in [0.1, 0.15) is 42.4 Å². The number of aryl methyl sites for hydroxylation is 2. The molecule has 0 bridgehead atoms. The highest BCUT2D eigenvalue weighted by Gasteiger charge is 2.22. The Kier molecular flexibility index (Phi) is 4.07. The Morgan fingerprint density at radius 1 is 1.06 bits per heavy atom. The molecule has 1 aliphatic carbocycles. The van der Waals surface area contributed by atoms with Gasteiger partial charge in [0.15, 0.2) is 0 Å². The van der Waals surface area contributed by atoms with E-state index in [9.17, 15) is 0 Å². The number of halogens is 1. The molecular formula is C15H21Br. The monoisotopic (exact) mass is 280 g/mol. The Bertz CT molecular complexity index is 336. The fourth-order valence-corrected chi connectivity index (χ4v) is 3.66. The maximum absolute atomic E-state index is 3.85. The Morgan fingerprint density at radius 2 is 1.69 bits per heavy atom. The van der Waals surface area contributed by atoms with E-state index in [0.717, 1.165) is 10.7 Å². The molecule has 2 rings (SSSR count). The van der Waals surface area contributed by atoms with Crippen LogP contribution in [0.5, 0.6) is 0 Å². The van der Waals surface area contributed by atoms with Crippen molar-refractivity contribution >= 4 is 15.9 Å². The molecule has 0 aliphatic heterocycles. The summed E-state index contributed by atoms with van der Waals surface area (Å²) in [5.41, 5.74) is 4.32. The molecule has 0 amide bonds. The van der Waals surface area contributed by atoms with Crippen LogP contribution in [0.15, 0.2) is 18.2 Å². The molecule has 0 heterocycles. The fourth-order valence-electron chi connectivity index (χ4n) is 2.88. The van der Waals surface area contributed by atoms with Crippen molar-refractivity contribution in [3.63, 3.8) is 0 Å². The molecule has 1 aliphatic rings. The summed E-state index contributed by atoms with van der Waals surface area (Å²) in [4.78, 5) is 0.738. The molecule has 0 spiro atoms. The van der Waals surface area contributed by atoms with E-state index in [0.29, 0.717) is 0 Å². The molecule has 16 heavy (non-hydrogen) atoms. The number of benzene rings is 1. The Balaban J connectivity index is 2.07. The highest BCUT2D eigenvalue weighted by molar-refractivity contribution is 9.09. The number of hydrogen-bond donors (Lipinski definition) is 0. The normalized spacial score (nSPS) is 25.7. The minimum absolute atomic E-state index is 0.738. The quantitative estimate of drug-likeness (QED) is 0.683. The lowest BCUT2D eigenvalue weighted by Gasteiger charge is -2.27. The molecule has 1 aromatic rings. The van der Waals surface area contributed by atoms with Gasteiger partial charge in [-0.1, -0.05) is 58.1 Å². The van der Waals surface area contributed by atoms with Crippen LogP contribution in [-0.2, 0) is 6.42 Å². The van der Waals surface area contributed by atoms with Gasteiger partial charge in [-0.05, 0) is 44.6 Å². The smallest absolute Gasteiger partial charge is 0.0177 e. The zero-order valence-electron chi connectivity index (χ0n) is 10.3. The molecule has 1 heteroatoms. The molecule has 2 atom stereocenters. The first kappa shape index (κ1) is 12.2. The zero-order valence-corrected chi connectivity index (χ0v) is 11.9. The Labute approximate surface area is 108 Å². The average molecular weight is 281 g/mol. The molecule has 0 saturated heterocycles. The first-order valence-corrected chi connectivity index (χ1v) is 7.28. The summed E-state index contributed by atoms with van der Waals surface area (Å²) in [6.07, 6.45) is 6.81. The van der Waals surface area contributed by atoms with Crippen molar-refractivity contribution < 1.29 is 0 Å². The van der Waals surface area contributed by atoms with E-state index in [1.54, 1.807) is 0 Å². The predicted molar refractivity (Wildman–Crippen MR) is 74.3 cm³/mol. The number of alkyl halides is 1. The largest absolute Gasteiger partial charge is 0.0888 e. The molecule has 0 nitrogen and oxygen atoms in total. The molecule has 88 valence electrons. The van der Waals surface area contributed by atoms with Crippen molar-refractivity contribution in [1.82, 2.24) is 0 Å². The number of hydrogen-bond acceptors (Lipinski definition) is 0. The van der Waals surface area contributed by atoms with E-state index in [4.69, 9.17) is 0 Å². The van der Waals surface area contributed by atoms with Gasteiger partial charge in [-0.3, -0.25) is 0 Å². The van der Waals surface area contributed by atoms with Crippen molar-refractivity contribution in [2.24, 2.45) is 5.92 Å². The van der Waals surface area contributed by atoms with Gasteiger partial charge >= 0.3 is 0 Å². The topological polar surface area (TPSA) is 0 Å². The molecule has 0 aromatic heterocycles. The van der Waals surface area contributed by atoms with Gasteiger partial charge < -0.3 is 0 Å². The van der Waals surface area contributed by atoms with Crippen molar-refractivity contribution in [2.45, 2.75) is 50.8 Å². The van der Waals surface area contributed by atoms with Crippen molar-refractivity contribution in [3.05, 3.63) is 34.9 Å². The van der Waals surface area contributed by atoms with E-state index in [1.165, 1.54) is 48.8 Å². The van der Waals surface area contributed by atoms with Gasteiger partial charge in [0.25, 0.3) is 0 Å². The van der Waals surface area contributed by atoms with E-state index < -0.39 is 0 Å². The van der Waals surface area contributed by atoms with E-state index in [1.807, 2.05) is 0 Å². The summed E-state index contributed by atoms with van der Waals surface area (Å²) in [7, 11) is 0. The van der Waals surface area contributed by atoms with Gasteiger partial charge in [0.05, 0.1) is 0 Å². The van der Waals surface area contributed by atoms with Crippen LogP contribution >= 0.6 is 15.9 Å². The summed E-state index contributed by atoms with van der Waals surface area (Å²) in [5.74, 6) is 0.843. The second kappa shape index (κ2) is 5.35. The molecular weight excluding hydrogens is 260 g/mol. The van der Waals surface area contributed by atoms with Gasteiger partial charge in [0.1, 0.15) is 0 Å². The van der Waals surface area contributed by atoms with Crippen LogP contribution < -0.4 is 0 Å². The molecule has 0 N–H and O–H groups in total. The highest BCUT2D eigenvalue weighted by Crippen LogP contribution is 2.32. The van der Waals surface area contributed by atoms with E-state index >= 15 is 0 Å². The first-order valence-electron chi connectivity index (χ1n) is 6.36. The molecule has 1 aromatic carbocycles. The lowest BCUT2D eigenvalue weighted by molar-refractivity contribution is 0.373. The van der Waals surface area contributed by atoms with Crippen LogP contribution in [0.3, 0.4) is 0 Å². The van der Waals surface area contributed by atoms with E-state index in [2.05, 4.69) is 48.0 Å². The van der Waals surface area contributed by atoms with Crippen LogP contribution in [0, 0.1) is 19.8 Å². The van der Waals surface area contributed by atoms with Crippen molar-refractivity contribution in [3.8, 4) is 0 Å². The maximum atomic E-state index is 3.85.